The Hall–Kier alpha value is -2.58. The van der Waals surface area contributed by atoms with Crippen molar-refractivity contribution in [2.24, 2.45) is 5.41 Å². The molecule has 0 aliphatic carbocycles. The van der Waals surface area contributed by atoms with E-state index in [2.05, 4.69) is 15.5 Å². The van der Waals surface area contributed by atoms with Crippen LogP contribution in [0, 0.1) is 5.41 Å². The summed E-state index contributed by atoms with van der Waals surface area (Å²) in [7, 11) is 0. The van der Waals surface area contributed by atoms with Crippen LogP contribution in [0.25, 0.3) is 0 Å². The minimum atomic E-state index is -0.925. The molecule has 0 aromatic heterocycles. The van der Waals surface area contributed by atoms with Crippen LogP contribution < -0.4 is 10.6 Å². The molecular weight excluding hydrogens is 396 g/mol. The Kier molecular flexibility index (Phi) is 5.14. The molecule has 0 saturated carbocycles. The van der Waals surface area contributed by atoms with E-state index in [0.29, 0.717) is 23.1 Å². The molecule has 31 heavy (non-hydrogen) atoms. The van der Waals surface area contributed by atoms with Gasteiger partial charge in [-0.1, -0.05) is 12.1 Å². The molecule has 0 bridgehead atoms. The van der Waals surface area contributed by atoms with Crippen LogP contribution in [-0.4, -0.2) is 65.6 Å². The highest BCUT2D eigenvalue weighted by molar-refractivity contribution is 6.24. The molecule has 2 N–H and O–H groups in total. The Balaban J connectivity index is 1.38. The van der Waals surface area contributed by atoms with Gasteiger partial charge in [0.25, 0.3) is 11.8 Å². The standard InChI is InChI=1S/C23H28N4O4/c28-18-6-5-17(20(29)25-18)27-21(30)16-4-1-3-15(19(16)22(27)31)13-26-12-2-7-23(14-26)8-10-24-11-9-23/h1,3-4,17,24H,2,5-14H2,(H,25,28,29). The second-order valence-corrected chi connectivity index (χ2v) is 9.35. The van der Waals surface area contributed by atoms with Crippen molar-refractivity contribution in [3.8, 4) is 0 Å². The summed E-state index contributed by atoms with van der Waals surface area (Å²) in [6.07, 6.45) is 5.05. The number of nitrogens with zero attached hydrogens (tertiary/aromatic N) is 2. The van der Waals surface area contributed by atoms with Gasteiger partial charge in [-0.2, -0.15) is 0 Å². The van der Waals surface area contributed by atoms with E-state index in [0.717, 1.165) is 43.1 Å². The molecule has 4 heterocycles. The number of carbonyl (C=O) groups excluding carboxylic acids is 4. The van der Waals surface area contributed by atoms with Crippen molar-refractivity contribution < 1.29 is 19.2 Å². The van der Waals surface area contributed by atoms with E-state index in [-0.39, 0.29) is 18.7 Å². The van der Waals surface area contributed by atoms with Crippen LogP contribution >= 0.6 is 0 Å². The Bertz CT molecular complexity index is 947. The number of hydrogen-bond acceptors (Lipinski definition) is 6. The SMILES string of the molecule is O=C1CCC(N2C(=O)c3cccc(CN4CCCC5(CCNCC5)C4)c3C2=O)C(=O)N1. The Morgan fingerprint density at radius 1 is 1.03 bits per heavy atom. The Labute approximate surface area is 181 Å². The monoisotopic (exact) mass is 424 g/mol. The van der Waals surface area contributed by atoms with Crippen LogP contribution in [0.2, 0.25) is 0 Å². The molecular formula is C23H28N4O4. The van der Waals surface area contributed by atoms with Crippen molar-refractivity contribution in [3.05, 3.63) is 34.9 Å². The smallest absolute Gasteiger partial charge is 0.262 e. The molecule has 1 aromatic carbocycles. The fraction of sp³-hybridized carbons (Fsp3) is 0.565. The minimum absolute atomic E-state index is 0.126. The summed E-state index contributed by atoms with van der Waals surface area (Å²) in [4.78, 5) is 53.6. The van der Waals surface area contributed by atoms with Crippen molar-refractivity contribution >= 4 is 23.6 Å². The second kappa shape index (κ2) is 7.84. The first-order chi connectivity index (χ1) is 15.0. The van der Waals surface area contributed by atoms with Crippen molar-refractivity contribution in [2.45, 2.75) is 51.1 Å². The predicted octanol–water partition coefficient (Wildman–Crippen LogP) is 1.05. The summed E-state index contributed by atoms with van der Waals surface area (Å²) in [6.45, 7) is 4.74. The van der Waals surface area contributed by atoms with E-state index < -0.39 is 23.8 Å². The van der Waals surface area contributed by atoms with Gasteiger partial charge < -0.3 is 5.32 Å². The lowest BCUT2D eigenvalue weighted by molar-refractivity contribution is -0.136. The van der Waals surface area contributed by atoms with E-state index in [1.54, 1.807) is 6.07 Å². The number of carbonyl (C=O) groups is 4. The number of nitrogens with one attached hydrogen (secondary N) is 2. The number of imide groups is 2. The summed E-state index contributed by atoms with van der Waals surface area (Å²) >= 11 is 0. The van der Waals surface area contributed by atoms with Gasteiger partial charge >= 0.3 is 0 Å². The molecule has 8 heteroatoms. The third kappa shape index (κ3) is 3.57. The highest BCUT2D eigenvalue weighted by Crippen LogP contribution is 2.39. The van der Waals surface area contributed by atoms with Gasteiger partial charge in [-0.25, -0.2) is 0 Å². The lowest BCUT2D eigenvalue weighted by Gasteiger charge is -2.45. The van der Waals surface area contributed by atoms with E-state index in [4.69, 9.17) is 0 Å². The fourth-order valence-corrected chi connectivity index (χ4v) is 5.77. The number of rotatable bonds is 3. The van der Waals surface area contributed by atoms with Crippen LogP contribution in [0.3, 0.4) is 0 Å². The number of benzene rings is 1. The third-order valence-electron chi connectivity index (χ3n) is 7.35. The topological polar surface area (TPSA) is 98.8 Å². The zero-order valence-electron chi connectivity index (χ0n) is 17.6. The molecule has 8 nitrogen and oxygen atoms in total. The average Bonchev–Trinajstić information content (AvgIpc) is 3.00. The number of amides is 4. The lowest BCUT2D eigenvalue weighted by atomic mass is 9.73. The molecule has 1 atom stereocenters. The molecule has 1 aromatic rings. The average molecular weight is 425 g/mol. The largest absolute Gasteiger partial charge is 0.317 e. The molecule has 3 saturated heterocycles. The summed E-state index contributed by atoms with van der Waals surface area (Å²) in [5, 5.41) is 5.70. The molecule has 3 fully saturated rings. The maximum Gasteiger partial charge on any atom is 0.262 e. The van der Waals surface area contributed by atoms with Gasteiger partial charge in [0.2, 0.25) is 11.8 Å². The summed E-state index contributed by atoms with van der Waals surface area (Å²) in [5.41, 5.74) is 1.97. The van der Waals surface area contributed by atoms with Crippen LogP contribution in [0.4, 0.5) is 0 Å². The summed E-state index contributed by atoms with van der Waals surface area (Å²) < 4.78 is 0. The first-order valence-electron chi connectivity index (χ1n) is 11.2. The Morgan fingerprint density at radius 2 is 1.84 bits per heavy atom. The first kappa shape index (κ1) is 20.3. The van der Waals surface area contributed by atoms with Crippen molar-refractivity contribution in [3.63, 3.8) is 0 Å². The molecule has 4 amide bonds. The summed E-state index contributed by atoms with van der Waals surface area (Å²) in [6, 6.07) is 4.47. The van der Waals surface area contributed by atoms with E-state index >= 15 is 0 Å². The van der Waals surface area contributed by atoms with E-state index in [9.17, 15) is 19.2 Å². The fourth-order valence-electron chi connectivity index (χ4n) is 5.77. The zero-order chi connectivity index (χ0) is 21.6. The van der Waals surface area contributed by atoms with Gasteiger partial charge in [-0.15, -0.1) is 0 Å². The second-order valence-electron chi connectivity index (χ2n) is 9.35. The highest BCUT2D eigenvalue weighted by Gasteiger charge is 2.46. The van der Waals surface area contributed by atoms with Crippen molar-refractivity contribution in [1.82, 2.24) is 20.4 Å². The zero-order valence-corrected chi connectivity index (χ0v) is 17.6. The predicted molar refractivity (Wildman–Crippen MR) is 112 cm³/mol. The minimum Gasteiger partial charge on any atom is -0.317 e. The quantitative estimate of drug-likeness (QED) is 0.704. The number of piperidine rings is 3. The number of fused-ring (bicyclic) bond motifs is 1. The van der Waals surface area contributed by atoms with Crippen LogP contribution in [0.1, 0.15) is 64.8 Å². The highest BCUT2D eigenvalue weighted by atomic mass is 16.2. The molecule has 4 aliphatic rings. The molecule has 0 radical (unpaired) electrons. The normalized spacial score (nSPS) is 26.3. The number of likely N-dealkylation sites (tertiary alicyclic amines) is 1. The van der Waals surface area contributed by atoms with Gasteiger partial charge in [-0.05, 0) is 68.8 Å². The molecule has 1 unspecified atom stereocenters. The van der Waals surface area contributed by atoms with Crippen molar-refractivity contribution in [2.75, 3.05) is 26.2 Å². The van der Waals surface area contributed by atoms with Gasteiger partial charge in [0, 0.05) is 19.5 Å². The molecule has 5 rings (SSSR count). The maximum absolute atomic E-state index is 13.3. The lowest BCUT2D eigenvalue weighted by Crippen LogP contribution is -2.54. The van der Waals surface area contributed by atoms with Gasteiger partial charge in [0.05, 0.1) is 11.1 Å². The summed E-state index contributed by atoms with van der Waals surface area (Å²) in [5.74, 6) is -1.80. The van der Waals surface area contributed by atoms with E-state index in [1.807, 2.05) is 12.1 Å². The molecule has 1 spiro atoms. The van der Waals surface area contributed by atoms with Crippen LogP contribution in [-0.2, 0) is 16.1 Å². The maximum atomic E-state index is 13.3. The van der Waals surface area contributed by atoms with Crippen LogP contribution in [0.15, 0.2) is 18.2 Å². The van der Waals surface area contributed by atoms with Gasteiger partial charge in [0.1, 0.15) is 6.04 Å². The van der Waals surface area contributed by atoms with Crippen molar-refractivity contribution in [1.29, 1.82) is 0 Å². The molecule has 4 aliphatic heterocycles. The van der Waals surface area contributed by atoms with E-state index in [1.165, 1.54) is 19.3 Å². The van der Waals surface area contributed by atoms with Crippen LogP contribution in [0.5, 0.6) is 0 Å². The van der Waals surface area contributed by atoms with Gasteiger partial charge in [0.15, 0.2) is 0 Å². The first-order valence-corrected chi connectivity index (χ1v) is 11.2. The third-order valence-corrected chi connectivity index (χ3v) is 7.35. The number of hydrogen-bond donors (Lipinski definition) is 2. The Morgan fingerprint density at radius 3 is 2.61 bits per heavy atom. The molecule has 164 valence electrons. The van der Waals surface area contributed by atoms with Gasteiger partial charge in [-0.3, -0.25) is 34.3 Å².